The van der Waals surface area contributed by atoms with Gasteiger partial charge in [0.15, 0.2) is 5.13 Å². The molecule has 2 amide bonds. The lowest BCUT2D eigenvalue weighted by atomic mass is 10.2. The Morgan fingerprint density at radius 1 is 1.00 bits per heavy atom. The number of thiazole rings is 1. The number of ether oxygens (including phenoxy) is 1. The van der Waals surface area contributed by atoms with E-state index in [4.69, 9.17) is 4.74 Å². The summed E-state index contributed by atoms with van der Waals surface area (Å²) in [5.74, 6) is 0.293. The average Bonchev–Trinajstić information content (AvgIpc) is 3.36. The number of hydrogen-bond acceptors (Lipinski definition) is 6. The molecule has 1 heterocycles. The van der Waals surface area contributed by atoms with E-state index in [2.05, 4.69) is 15.6 Å². The minimum Gasteiger partial charge on any atom is -0.497 e. The summed E-state index contributed by atoms with van der Waals surface area (Å²) >= 11 is 2.86. The van der Waals surface area contributed by atoms with Crippen LogP contribution in [0.3, 0.4) is 0 Å². The maximum atomic E-state index is 13.0. The van der Waals surface area contributed by atoms with Crippen LogP contribution in [-0.4, -0.2) is 29.2 Å². The largest absolute Gasteiger partial charge is 0.497 e. The van der Waals surface area contributed by atoms with E-state index < -0.39 is 0 Å². The number of nitrogens with one attached hydrogen (secondary N) is 2. The van der Waals surface area contributed by atoms with Gasteiger partial charge in [-0.1, -0.05) is 49.4 Å². The van der Waals surface area contributed by atoms with Crippen LogP contribution >= 0.6 is 23.1 Å². The van der Waals surface area contributed by atoms with E-state index in [0.717, 1.165) is 16.2 Å². The Kier molecular flexibility index (Phi) is 8.18. The third kappa shape index (κ3) is 6.49. The maximum Gasteiger partial charge on any atom is 0.255 e. The van der Waals surface area contributed by atoms with Crippen LogP contribution in [0.15, 0.2) is 89.1 Å². The summed E-state index contributed by atoms with van der Waals surface area (Å²) in [6.07, 6.45) is 0.647. The van der Waals surface area contributed by atoms with E-state index in [1.807, 2.05) is 66.9 Å². The predicted octanol–water partition coefficient (Wildman–Crippen LogP) is 6.58. The molecule has 0 aliphatic carbocycles. The zero-order chi connectivity index (χ0) is 24.6. The van der Waals surface area contributed by atoms with Crippen LogP contribution < -0.4 is 15.4 Å². The van der Waals surface area contributed by atoms with Crippen LogP contribution in [0.1, 0.15) is 23.7 Å². The molecular formula is C27H25N3O3S2. The van der Waals surface area contributed by atoms with E-state index in [0.29, 0.717) is 28.6 Å². The number of carbonyl (C=O) groups excluding carboxylic acids is 2. The van der Waals surface area contributed by atoms with Crippen LogP contribution in [0.25, 0.3) is 11.3 Å². The Bertz CT molecular complexity index is 1310. The second-order valence-electron chi connectivity index (χ2n) is 7.62. The van der Waals surface area contributed by atoms with E-state index in [1.165, 1.54) is 23.1 Å². The molecule has 1 unspecified atom stereocenters. The van der Waals surface area contributed by atoms with Crippen molar-refractivity contribution in [2.75, 3.05) is 17.7 Å². The van der Waals surface area contributed by atoms with Gasteiger partial charge < -0.3 is 15.4 Å². The molecule has 3 aromatic carbocycles. The first-order chi connectivity index (χ1) is 17.1. The zero-order valence-electron chi connectivity index (χ0n) is 19.4. The van der Waals surface area contributed by atoms with E-state index in [9.17, 15) is 9.59 Å². The van der Waals surface area contributed by atoms with Gasteiger partial charge in [0.05, 0.1) is 18.1 Å². The van der Waals surface area contributed by atoms with Gasteiger partial charge >= 0.3 is 0 Å². The summed E-state index contributed by atoms with van der Waals surface area (Å²) in [4.78, 5) is 31.0. The minimum absolute atomic E-state index is 0.0997. The normalized spacial score (nSPS) is 11.5. The predicted molar refractivity (Wildman–Crippen MR) is 144 cm³/mol. The van der Waals surface area contributed by atoms with Gasteiger partial charge in [0, 0.05) is 27.1 Å². The molecule has 2 N–H and O–H groups in total. The van der Waals surface area contributed by atoms with E-state index in [1.54, 1.807) is 31.4 Å². The van der Waals surface area contributed by atoms with Gasteiger partial charge in [-0.05, 0) is 42.8 Å². The Morgan fingerprint density at radius 2 is 1.80 bits per heavy atom. The lowest BCUT2D eigenvalue weighted by Gasteiger charge is -2.14. The molecule has 35 heavy (non-hydrogen) atoms. The molecule has 6 nitrogen and oxygen atoms in total. The molecule has 0 aliphatic heterocycles. The molecule has 8 heteroatoms. The molecule has 0 aliphatic rings. The number of amides is 2. The molecule has 4 aromatic rings. The number of carbonyl (C=O) groups is 2. The highest BCUT2D eigenvalue weighted by molar-refractivity contribution is 8.00. The van der Waals surface area contributed by atoms with Crippen molar-refractivity contribution in [1.29, 1.82) is 0 Å². The van der Waals surface area contributed by atoms with Gasteiger partial charge in [0.25, 0.3) is 5.91 Å². The highest BCUT2D eigenvalue weighted by Crippen LogP contribution is 2.30. The molecule has 1 aromatic heterocycles. The fourth-order valence-corrected chi connectivity index (χ4v) is 5.10. The SMILES string of the molecule is CCC(Sc1cccc(NC(=O)c2cccc(OC)c2)c1)C(=O)Nc1nc(-c2ccccc2)cs1. The number of nitrogens with zero attached hydrogens (tertiary/aromatic N) is 1. The zero-order valence-corrected chi connectivity index (χ0v) is 21.0. The van der Waals surface area contributed by atoms with Crippen molar-refractivity contribution in [1.82, 2.24) is 4.98 Å². The second-order valence-corrected chi connectivity index (χ2v) is 9.76. The fourth-order valence-electron chi connectivity index (χ4n) is 3.36. The monoisotopic (exact) mass is 503 g/mol. The quantitative estimate of drug-likeness (QED) is 0.252. The summed E-state index contributed by atoms with van der Waals surface area (Å²) in [7, 11) is 1.56. The highest BCUT2D eigenvalue weighted by Gasteiger charge is 2.20. The number of thioether (sulfide) groups is 1. The van der Waals surface area contributed by atoms with Gasteiger partial charge in [-0.3, -0.25) is 9.59 Å². The minimum atomic E-state index is -0.302. The first kappa shape index (κ1) is 24.5. The number of rotatable bonds is 9. The van der Waals surface area contributed by atoms with Crippen LogP contribution in [0.4, 0.5) is 10.8 Å². The molecule has 0 saturated heterocycles. The lowest BCUT2D eigenvalue weighted by Crippen LogP contribution is -2.24. The standard InChI is InChI=1S/C27H25N3O3S2/c1-3-24(26(32)30-27-29-23(17-34-27)18-9-5-4-6-10-18)35-22-14-8-12-20(16-22)28-25(31)19-11-7-13-21(15-19)33-2/h4-17,24H,3H2,1-2H3,(H,28,31)(H,29,30,32). The Labute approximate surface area is 212 Å². The molecule has 0 bridgehead atoms. The molecule has 0 radical (unpaired) electrons. The summed E-state index contributed by atoms with van der Waals surface area (Å²) < 4.78 is 5.19. The van der Waals surface area contributed by atoms with Crippen molar-refractivity contribution in [3.63, 3.8) is 0 Å². The first-order valence-electron chi connectivity index (χ1n) is 11.1. The molecular weight excluding hydrogens is 478 g/mol. The lowest BCUT2D eigenvalue weighted by molar-refractivity contribution is -0.115. The van der Waals surface area contributed by atoms with Crippen molar-refractivity contribution in [3.05, 3.63) is 89.8 Å². The van der Waals surface area contributed by atoms with Crippen molar-refractivity contribution >= 4 is 45.7 Å². The molecule has 178 valence electrons. The Hall–Kier alpha value is -3.62. The van der Waals surface area contributed by atoms with Gasteiger partial charge in [-0.2, -0.15) is 0 Å². The number of aromatic nitrogens is 1. The fraction of sp³-hybridized carbons (Fsp3) is 0.148. The van der Waals surface area contributed by atoms with Crippen LogP contribution in [0, 0.1) is 0 Å². The summed E-state index contributed by atoms with van der Waals surface area (Å²) in [5, 5.41) is 8.07. The maximum absolute atomic E-state index is 13.0. The Balaban J connectivity index is 1.39. The van der Waals surface area contributed by atoms with E-state index in [-0.39, 0.29) is 17.1 Å². The molecule has 0 fully saturated rings. The van der Waals surface area contributed by atoms with Gasteiger partial charge in [-0.15, -0.1) is 23.1 Å². The smallest absolute Gasteiger partial charge is 0.255 e. The Morgan fingerprint density at radius 3 is 2.57 bits per heavy atom. The first-order valence-corrected chi connectivity index (χ1v) is 12.9. The van der Waals surface area contributed by atoms with Crippen molar-refractivity contribution < 1.29 is 14.3 Å². The number of benzene rings is 3. The van der Waals surface area contributed by atoms with E-state index >= 15 is 0 Å². The number of methoxy groups -OCH3 is 1. The molecule has 4 rings (SSSR count). The highest BCUT2D eigenvalue weighted by atomic mass is 32.2. The van der Waals surface area contributed by atoms with Crippen LogP contribution in [-0.2, 0) is 4.79 Å². The molecule has 0 saturated carbocycles. The summed E-state index contributed by atoms with van der Waals surface area (Å²) in [5.41, 5.74) is 3.02. The van der Waals surface area contributed by atoms with Crippen molar-refractivity contribution in [3.8, 4) is 17.0 Å². The summed E-state index contributed by atoms with van der Waals surface area (Å²) in [6.45, 7) is 1.98. The van der Waals surface area contributed by atoms with Crippen molar-refractivity contribution in [2.24, 2.45) is 0 Å². The third-order valence-corrected chi connectivity index (χ3v) is 7.29. The van der Waals surface area contributed by atoms with Crippen molar-refractivity contribution in [2.45, 2.75) is 23.5 Å². The van der Waals surface area contributed by atoms with Gasteiger partial charge in [-0.25, -0.2) is 4.98 Å². The topological polar surface area (TPSA) is 80.3 Å². The van der Waals surface area contributed by atoms with Gasteiger partial charge in [0.2, 0.25) is 5.91 Å². The number of hydrogen-bond donors (Lipinski definition) is 2. The third-order valence-electron chi connectivity index (χ3n) is 5.17. The summed E-state index contributed by atoms with van der Waals surface area (Å²) in [6, 6.07) is 24.3. The van der Waals surface area contributed by atoms with Crippen LogP contribution in [0.5, 0.6) is 5.75 Å². The van der Waals surface area contributed by atoms with Crippen LogP contribution in [0.2, 0.25) is 0 Å². The number of anilines is 2. The average molecular weight is 504 g/mol. The van der Waals surface area contributed by atoms with Gasteiger partial charge in [0.1, 0.15) is 5.75 Å². The molecule has 0 spiro atoms. The molecule has 1 atom stereocenters. The second kappa shape index (κ2) is 11.7.